The Kier molecular flexibility index (Phi) is 233. The maximum Gasteiger partial charge on any atom is 2.00 e. The van der Waals surface area contributed by atoms with Crippen LogP contribution in [0.3, 0.4) is 0 Å². The molecule has 0 saturated carbocycles. The van der Waals surface area contributed by atoms with Crippen molar-refractivity contribution in [3.63, 3.8) is 0 Å². The molecule has 0 aromatic rings. The van der Waals surface area contributed by atoms with Crippen LogP contribution >= 0.6 is 7.82 Å². The molecule has 19 heteroatoms. The van der Waals surface area contributed by atoms with Crippen molar-refractivity contribution in [3.8, 4) is 0 Å². The van der Waals surface area contributed by atoms with Gasteiger partial charge < -0.3 is 83.5 Å². The zero-order valence-electron chi connectivity index (χ0n) is 10.6. The van der Waals surface area contributed by atoms with E-state index < -0.39 is 19.8 Å². The van der Waals surface area contributed by atoms with Crippen molar-refractivity contribution in [2.45, 2.75) is 0 Å². The normalized spacial score (nSPS) is 4.90. The Balaban J connectivity index is -0.00000000525. The van der Waals surface area contributed by atoms with Crippen molar-refractivity contribution in [1.29, 1.82) is 0 Å². The molecule has 0 aliphatic heterocycles. The van der Waals surface area contributed by atoms with Crippen LogP contribution in [0.5, 0.6) is 0 Å². The molecule has 0 amide bonds. The number of hydrogen-bond donors (Lipinski definition) is 1. The fourth-order valence-corrected chi connectivity index (χ4v) is 0. The van der Waals surface area contributed by atoms with E-state index in [2.05, 4.69) is 0 Å². The third-order valence-corrected chi connectivity index (χ3v) is 0.167. The van der Waals surface area contributed by atoms with Crippen LogP contribution in [0.2, 0.25) is 0 Å². The topological polar surface area (TPSA) is 424 Å². The van der Waals surface area contributed by atoms with Crippen molar-refractivity contribution >= 4 is 80.6 Å². The van der Waals surface area contributed by atoms with E-state index in [4.69, 9.17) is 39.0 Å². The number of quaternary nitrogens is 1. The second-order valence-corrected chi connectivity index (χ2v) is 1.92. The molecule has 0 unspecified atom stereocenters. The standard InChI is InChI=1S/C2H2O4.Ca.Mg.H3N.H3O4P.7H2O/c3-1(4)2(5)6;;;;1-5(2,3)4;;;;;;;/h(H,3,4)(H,5,6);;;1H3;(H3,1,2,3,4);7*1H2/q;2*+2;;;;;;;;;/p-4. The zero-order valence-corrected chi connectivity index (χ0v) is 15.1. The fourth-order valence-electron chi connectivity index (χ4n) is 0. The summed E-state index contributed by atoms with van der Waals surface area (Å²) < 4.78 is 8.55. The minimum absolute atomic E-state index is 0. The Morgan fingerprint density at radius 1 is 0.667 bits per heavy atom. The molecule has 0 fully saturated rings. The Hall–Kier alpha value is 0.756. The molecule has 18 N–H and O–H groups in total. The smallest absolute Gasteiger partial charge is 0.822 e. The van der Waals surface area contributed by atoms with Crippen LogP contribution in [0.15, 0.2) is 0 Å². The van der Waals surface area contributed by atoms with Crippen molar-refractivity contribution in [1.82, 2.24) is 6.15 Å². The monoisotopic (exact) mass is 391 g/mol. The number of phosphoric acid groups is 1. The molecule has 21 heavy (non-hydrogen) atoms. The molecule has 130 valence electrons. The maximum absolute atomic E-state index is 8.93. The van der Waals surface area contributed by atoms with Gasteiger partial charge in [-0.3, -0.25) is 0 Å². The van der Waals surface area contributed by atoms with Gasteiger partial charge in [0.2, 0.25) is 0 Å². The minimum Gasteiger partial charge on any atom is -0.822 e. The molecule has 0 radical (unpaired) electrons. The molecule has 0 heterocycles. The second-order valence-electron chi connectivity index (χ2n) is 1.02. The van der Waals surface area contributed by atoms with E-state index in [-0.39, 0.29) is 105 Å². The van der Waals surface area contributed by atoms with Gasteiger partial charge in [-0.25, -0.2) is 0 Å². The number of rotatable bonds is 0. The average Bonchev–Trinajstić information content (AvgIpc) is 1.59. The molecule has 0 aliphatic carbocycles. The van der Waals surface area contributed by atoms with Gasteiger partial charge >= 0.3 is 60.8 Å². The second kappa shape index (κ2) is 49.8. The first-order valence-corrected chi connectivity index (χ1v) is 3.26. The van der Waals surface area contributed by atoms with E-state index in [0.29, 0.717) is 0 Å². The summed E-state index contributed by atoms with van der Waals surface area (Å²) in [5, 5.41) is 17.9. The van der Waals surface area contributed by atoms with E-state index in [1.54, 1.807) is 0 Å². The van der Waals surface area contributed by atoms with Crippen LogP contribution in [0.4, 0.5) is 0 Å². The number of hydrogen-bond acceptors (Lipinski definition) is 8. The van der Waals surface area contributed by atoms with Gasteiger partial charge in [-0.05, 0) is 0 Å². The third-order valence-electron chi connectivity index (χ3n) is 0.167. The van der Waals surface area contributed by atoms with Crippen LogP contribution < -0.4 is 31.0 Å². The number of aliphatic carboxylic acids is 2. The Morgan fingerprint density at radius 3 is 0.714 bits per heavy atom. The Bertz CT molecular complexity index is 188. The largest absolute Gasteiger partial charge is 2.00 e. The zero-order chi connectivity index (χ0) is 9.65. The molecule has 0 spiro atoms. The summed E-state index contributed by atoms with van der Waals surface area (Å²) in [5.41, 5.74) is 0. The third kappa shape index (κ3) is 323. The molecule has 0 atom stereocenters. The first-order valence-electron chi connectivity index (χ1n) is 1.80. The summed E-state index contributed by atoms with van der Waals surface area (Å²) in [7, 11) is -5.39. The van der Waals surface area contributed by atoms with E-state index in [0.717, 1.165) is 0 Å². The van der Waals surface area contributed by atoms with E-state index in [9.17, 15) is 0 Å². The van der Waals surface area contributed by atoms with Gasteiger partial charge in [-0.15, -0.1) is 0 Å². The van der Waals surface area contributed by atoms with Gasteiger partial charge in [-0.1, -0.05) is 0 Å². The van der Waals surface area contributed by atoms with Gasteiger partial charge in [0.05, 0.1) is 11.9 Å². The van der Waals surface area contributed by atoms with Crippen molar-refractivity contribution in [3.05, 3.63) is 0 Å². The molecule has 0 bridgehead atoms. The molecule has 0 aliphatic rings. The summed E-state index contributed by atoms with van der Waals surface area (Å²) in [6.45, 7) is 0. The quantitative estimate of drug-likeness (QED) is 0.234. The van der Waals surface area contributed by atoms with E-state index >= 15 is 0 Å². The van der Waals surface area contributed by atoms with Crippen LogP contribution in [0.25, 0.3) is 0 Å². The first-order chi connectivity index (χ1) is 4.64. The predicted molar refractivity (Wildman–Crippen MR) is 60.4 cm³/mol. The average molecular weight is 392 g/mol. The van der Waals surface area contributed by atoms with Crippen LogP contribution in [-0.2, 0) is 14.2 Å². The molecule has 0 saturated heterocycles. The summed E-state index contributed by atoms with van der Waals surface area (Å²) in [4.78, 5) is 43.5. The van der Waals surface area contributed by atoms with Gasteiger partial charge in [0.15, 0.2) is 0 Å². The maximum atomic E-state index is 8.93. The SMILES string of the molecule is O.O.O.O.O.O.O.O=C([O-])C(=O)[O-].O=P([O-])([O-])[O-].[Ca+2].[Mg+2].[NH4+]. The Morgan fingerprint density at radius 2 is 0.714 bits per heavy atom. The van der Waals surface area contributed by atoms with Crippen LogP contribution in [0.1, 0.15) is 0 Å². The minimum atomic E-state index is -5.39. The van der Waals surface area contributed by atoms with Crippen LogP contribution in [-0.4, -0.2) is 111 Å². The molecule has 0 rings (SSSR count). The van der Waals surface area contributed by atoms with Crippen molar-refractivity contribution < 1.29 is 77.4 Å². The van der Waals surface area contributed by atoms with E-state index in [1.807, 2.05) is 0 Å². The molecular weight excluding hydrogens is 373 g/mol. The molecular formula is C2H18CaMgNO15P. The van der Waals surface area contributed by atoms with Gasteiger partial charge in [0.1, 0.15) is 0 Å². The Labute approximate surface area is 163 Å². The summed E-state index contributed by atoms with van der Waals surface area (Å²) in [6.07, 6.45) is 0. The number of carboxylic acid groups (broad SMARTS) is 2. The van der Waals surface area contributed by atoms with Crippen LogP contribution in [0, 0.1) is 0 Å². The van der Waals surface area contributed by atoms with Crippen molar-refractivity contribution in [2.75, 3.05) is 0 Å². The number of carbonyl (C=O) groups excluding carboxylic acids is 2. The predicted octanol–water partition coefficient (Wildman–Crippen LogP) is -12.5. The summed E-state index contributed by atoms with van der Waals surface area (Å²) in [6, 6.07) is 0. The van der Waals surface area contributed by atoms with E-state index in [1.165, 1.54) is 0 Å². The number of carboxylic acids is 2. The van der Waals surface area contributed by atoms with Gasteiger partial charge in [-0.2, -0.15) is 7.82 Å². The fraction of sp³-hybridized carbons (Fsp3) is 0. The molecule has 0 aromatic heterocycles. The van der Waals surface area contributed by atoms with Gasteiger partial charge in [0, 0.05) is 0 Å². The first kappa shape index (κ1) is 98.5. The summed E-state index contributed by atoms with van der Waals surface area (Å²) in [5.74, 6) is -4.37. The summed E-state index contributed by atoms with van der Waals surface area (Å²) >= 11 is 0. The molecule has 0 aromatic carbocycles. The van der Waals surface area contributed by atoms with Gasteiger partial charge in [0.25, 0.3) is 0 Å². The number of carbonyl (C=O) groups is 2. The molecule has 16 nitrogen and oxygen atoms in total. The van der Waals surface area contributed by atoms with Crippen molar-refractivity contribution in [2.24, 2.45) is 0 Å².